The third-order valence-electron chi connectivity index (χ3n) is 4.10. The van der Waals surface area contributed by atoms with Gasteiger partial charge >= 0.3 is 0 Å². The third kappa shape index (κ3) is 2.72. The fourth-order valence-corrected chi connectivity index (χ4v) is 3.04. The molecule has 1 aliphatic heterocycles. The third-order valence-corrected chi connectivity index (χ3v) is 4.10. The highest BCUT2D eigenvalue weighted by atomic mass is 16.5. The van der Waals surface area contributed by atoms with E-state index in [9.17, 15) is 0 Å². The number of benzene rings is 1. The molecule has 0 saturated heterocycles. The van der Waals surface area contributed by atoms with Gasteiger partial charge in [0.05, 0.1) is 13.2 Å². The van der Waals surface area contributed by atoms with Crippen LogP contribution in [-0.4, -0.2) is 25.2 Å². The van der Waals surface area contributed by atoms with Crippen LogP contribution in [0, 0.1) is 0 Å². The summed E-state index contributed by atoms with van der Waals surface area (Å²) in [7, 11) is 1.63. The Bertz CT molecular complexity index is 597. The lowest BCUT2D eigenvalue weighted by Gasteiger charge is -2.37. The number of rotatable bonds is 4. The van der Waals surface area contributed by atoms with E-state index < -0.39 is 0 Å². The number of pyridine rings is 1. The normalized spacial score (nSPS) is 15.4. The number of para-hydroxylation sites is 1. The Balaban J connectivity index is 1.93. The van der Waals surface area contributed by atoms with E-state index in [1.54, 1.807) is 7.11 Å². The summed E-state index contributed by atoms with van der Waals surface area (Å²) in [6, 6.07) is 12.7. The van der Waals surface area contributed by atoms with Crippen LogP contribution in [-0.2, 0) is 6.42 Å². The molecule has 0 amide bonds. The fourth-order valence-electron chi connectivity index (χ4n) is 3.04. The van der Waals surface area contributed by atoms with E-state index in [2.05, 4.69) is 40.2 Å². The van der Waals surface area contributed by atoms with Crippen LogP contribution in [0.5, 0.6) is 5.88 Å². The molecule has 1 aromatic carbocycles. The molecule has 1 unspecified atom stereocenters. The number of hydrogen-bond acceptors (Lipinski definition) is 4. The minimum Gasteiger partial charge on any atom is -0.481 e. The Hall–Kier alpha value is -2.07. The smallest absolute Gasteiger partial charge is 0.212 e. The van der Waals surface area contributed by atoms with Crippen LogP contribution >= 0.6 is 0 Å². The zero-order valence-electron chi connectivity index (χ0n) is 12.3. The molecule has 0 saturated carbocycles. The summed E-state index contributed by atoms with van der Waals surface area (Å²) in [6.45, 7) is 1.60. The number of nitrogens with two attached hydrogens (primary N) is 1. The molecular weight excluding hydrogens is 262 g/mol. The van der Waals surface area contributed by atoms with Crippen LogP contribution in [0.4, 0.5) is 5.69 Å². The van der Waals surface area contributed by atoms with Gasteiger partial charge in [0.25, 0.3) is 0 Å². The Morgan fingerprint density at radius 1 is 1.29 bits per heavy atom. The van der Waals surface area contributed by atoms with Gasteiger partial charge in [-0.2, -0.15) is 0 Å². The van der Waals surface area contributed by atoms with Crippen LogP contribution in [0.25, 0.3) is 0 Å². The summed E-state index contributed by atoms with van der Waals surface area (Å²) in [6.07, 6.45) is 4.18. The van der Waals surface area contributed by atoms with Crippen molar-refractivity contribution in [1.29, 1.82) is 0 Å². The highest BCUT2D eigenvalue weighted by Crippen LogP contribution is 2.33. The number of ether oxygens (including phenoxy) is 1. The van der Waals surface area contributed by atoms with E-state index in [-0.39, 0.29) is 6.04 Å². The molecule has 2 aromatic rings. The molecule has 110 valence electrons. The summed E-state index contributed by atoms with van der Waals surface area (Å²) in [4.78, 5) is 6.72. The SMILES string of the molecule is COc1ccc(C(CN)N2CCCc3ccccc32)cn1. The van der Waals surface area contributed by atoms with Gasteiger partial charge in [-0.05, 0) is 30.0 Å². The second-order valence-electron chi connectivity index (χ2n) is 5.31. The first-order valence-electron chi connectivity index (χ1n) is 7.38. The van der Waals surface area contributed by atoms with Crippen molar-refractivity contribution in [2.24, 2.45) is 5.73 Å². The van der Waals surface area contributed by atoms with Gasteiger partial charge in [0.2, 0.25) is 5.88 Å². The standard InChI is InChI=1S/C17H21N3O/c1-21-17-9-8-14(12-19-17)16(11-18)20-10-4-6-13-5-2-3-7-15(13)20/h2-3,5,7-9,12,16H,4,6,10-11,18H2,1H3. The Labute approximate surface area is 125 Å². The molecule has 0 fully saturated rings. The van der Waals surface area contributed by atoms with Crippen LogP contribution < -0.4 is 15.4 Å². The molecule has 4 nitrogen and oxygen atoms in total. The van der Waals surface area contributed by atoms with E-state index in [0.29, 0.717) is 12.4 Å². The van der Waals surface area contributed by atoms with Gasteiger partial charge in [-0.3, -0.25) is 0 Å². The zero-order chi connectivity index (χ0) is 14.7. The molecule has 0 spiro atoms. The number of methoxy groups -OCH3 is 1. The second kappa shape index (κ2) is 6.14. The van der Waals surface area contributed by atoms with Crippen LogP contribution in [0.1, 0.15) is 23.6 Å². The molecule has 0 radical (unpaired) electrons. The zero-order valence-corrected chi connectivity index (χ0v) is 12.3. The second-order valence-corrected chi connectivity index (χ2v) is 5.31. The van der Waals surface area contributed by atoms with Crippen LogP contribution in [0.2, 0.25) is 0 Å². The number of fused-ring (bicyclic) bond motifs is 1. The fraction of sp³-hybridized carbons (Fsp3) is 0.353. The van der Waals surface area contributed by atoms with Gasteiger partial charge in [0.15, 0.2) is 0 Å². The van der Waals surface area contributed by atoms with E-state index in [1.165, 1.54) is 11.3 Å². The largest absolute Gasteiger partial charge is 0.481 e. The highest BCUT2D eigenvalue weighted by molar-refractivity contribution is 5.57. The maximum atomic E-state index is 6.06. The van der Waals surface area contributed by atoms with Crippen LogP contribution in [0.15, 0.2) is 42.6 Å². The first kappa shape index (κ1) is 13.9. The number of aromatic nitrogens is 1. The predicted octanol–water partition coefficient (Wildman–Crippen LogP) is 2.54. The Morgan fingerprint density at radius 2 is 2.14 bits per heavy atom. The molecule has 1 aromatic heterocycles. The van der Waals surface area contributed by atoms with Crippen molar-refractivity contribution in [3.05, 3.63) is 53.7 Å². The average Bonchev–Trinajstić information content (AvgIpc) is 2.56. The van der Waals surface area contributed by atoms with Gasteiger partial charge in [-0.15, -0.1) is 0 Å². The Morgan fingerprint density at radius 3 is 2.86 bits per heavy atom. The van der Waals surface area contributed by atoms with E-state index in [4.69, 9.17) is 10.5 Å². The minimum atomic E-state index is 0.157. The van der Waals surface area contributed by atoms with Crippen molar-refractivity contribution in [2.45, 2.75) is 18.9 Å². The maximum Gasteiger partial charge on any atom is 0.212 e. The molecule has 0 bridgehead atoms. The lowest BCUT2D eigenvalue weighted by atomic mass is 9.97. The van der Waals surface area contributed by atoms with Crippen molar-refractivity contribution < 1.29 is 4.74 Å². The monoisotopic (exact) mass is 283 g/mol. The van der Waals surface area contributed by atoms with Gasteiger partial charge < -0.3 is 15.4 Å². The first-order valence-corrected chi connectivity index (χ1v) is 7.38. The van der Waals surface area contributed by atoms with E-state index in [0.717, 1.165) is 24.9 Å². The molecule has 21 heavy (non-hydrogen) atoms. The van der Waals surface area contributed by atoms with Gasteiger partial charge in [0.1, 0.15) is 0 Å². The van der Waals surface area contributed by atoms with Gasteiger partial charge in [-0.1, -0.05) is 24.3 Å². The molecule has 0 aliphatic carbocycles. The molecular formula is C17H21N3O. The average molecular weight is 283 g/mol. The highest BCUT2D eigenvalue weighted by Gasteiger charge is 2.24. The summed E-state index contributed by atoms with van der Waals surface area (Å²) in [5.74, 6) is 0.633. The summed E-state index contributed by atoms with van der Waals surface area (Å²) < 4.78 is 5.13. The molecule has 3 rings (SSSR count). The molecule has 2 N–H and O–H groups in total. The summed E-state index contributed by atoms with van der Waals surface area (Å²) in [5, 5.41) is 0. The predicted molar refractivity (Wildman–Crippen MR) is 84.7 cm³/mol. The van der Waals surface area contributed by atoms with Gasteiger partial charge in [0, 0.05) is 31.0 Å². The van der Waals surface area contributed by atoms with Crippen molar-refractivity contribution >= 4 is 5.69 Å². The van der Waals surface area contributed by atoms with Crippen molar-refractivity contribution in [3.8, 4) is 5.88 Å². The number of nitrogens with zero attached hydrogens (tertiary/aromatic N) is 2. The number of aryl methyl sites for hydroxylation is 1. The molecule has 4 heteroatoms. The Kier molecular flexibility index (Phi) is 4.06. The van der Waals surface area contributed by atoms with Crippen LogP contribution in [0.3, 0.4) is 0 Å². The number of anilines is 1. The first-order chi connectivity index (χ1) is 10.3. The number of hydrogen-bond donors (Lipinski definition) is 1. The molecule has 1 atom stereocenters. The van der Waals surface area contributed by atoms with E-state index >= 15 is 0 Å². The lowest BCUT2D eigenvalue weighted by molar-refractivity contribution is 0.397. The molecule has 1 aliphatic rings. The van der Waals surface area contributed by atoms with Gasteiger partial charge in [-0.25, -0.2) is 4.98 Å². The maximum absolute atomic E-state index is 6.06. The topological polar surface area (TPSA) is 51.4 Å². The van der Waals surface area contributed by atoms with E-state index in [1.807, 2.05) is 12.3 Å². The summed E-state index contributed by atoms with van der Waals surface area (Å²) >= 11 is 0. The molecule has 2 heterocycles. The summed E-state index contributed by atoms with van der Waals surface area (Å²) in [5.41, 5.74) is 9.90. The van der Waals surface area contributed by atoms with Crippen molar-refractivity contribution in [1.82, 2.24) is 4.98 Å². The quantitative estimate of drug-likeness (QED) is 0.937. The minimum absolute atomic E-state index is 0.157. The van der Waals surface area contributed by atoms with Crippen molar-refractivity contribution in [2.75, 3.05) is 25.1 Å². The lowest BCUT2D eigenvalue weighted by Crippen LogP contribution is -2.37. The van der Waals surface area contributed by atoms with Crippen molar-refractivity contribution in [3.63, 3.8) is 0 Å².